The minimum atomic E-state index is -0.517. The van der Waals surface area contributed by atoms with Gasteiger partial charge in [-0.3, -0.25) is 9.74 Å². The number of para-hydroxylation sites is 1. The number of aryl methyl sites for hydroxylation is 1. The van der Waals surface area contributed by atoms with E-state index in [4.69, 9.17) is 10.6 Å². The summed E-state index contributed by atoms with van der Waals surface area (Å²) in [5, 5.41) is 2.74. The summed E-state index contributed by atoms with van der Waals surface area (Å²) >= 11 is 3.49. The lowest BCUT2D eigenvalue weighted by molar-refractivity contribution is 0.131. The highest BCUT2D eigenvalue weighted by atomic mass is 79.9. The second kappa shape index (κ2) is 19.3. The van der Waals surface area contributed by atoms with Crippen LogP contribution in [0.1, 0.15) is 89.5 Å². The Hall–Kier alpha value is -2.83. The molecule has 0 unspecified atom stereocenters. The summed E-state index contributed by atoms with van der Waals surface area (Å²) in [5.74, 6) is 0. The van der Waals surface area contributed by atoms with Crippen molar-refractivity contribution in [3.8, 4) is 0 Å². The van der Waals surface area contributed by atoms with Crippen molar-refractivity contribution >= 4 is 44.7 Å². The van der Waals surface area contributed by atoms with E-state index in [1.165, 1.54) is 70.6 Å². The van der Waals surface area contributed by atoms with Gasteiger partial charge in [-0.25, -0.2) is 9.86 Å². The Morgan fingerprint density at radius 2 is 1.22 bits per heavy atom. The van der Waals surface area contributed by atoms with Gasteiger partial charge in [0.2, 0.25) is 0 Å². The van der Waals surface area contributed by atoms with Crippen molar-refractivity contribution < 1.29 is 9.63 Å². The van der Waals surface area contributed by atoms with Crippen molar-refractivity contribution in [2.75, 3.05) is 21.9 Å². The van der Waals surface area contributed by atoms with Crippen molar-refractivity contribution in [3.63, 3.8) is 0 Å². The van der Waals surface area contributed by atoms with E-state index in [1.54, 1.807) is 4.90 Å². The van der Waals surface area contributed by atoms with Crippen LogP contribution < -0.4 is 15.7 Å². The number of nitrogens with two attached hydrogens (primary N) is 1. The summed E-state index contributed by atoms with van der Waals surface area (Å²) in [6.45, 7) is 2.93. The number of benzene rings is 3. The molecule has 5 nitrogen and oxygen atoms in total. The average molecular weight is 623 g/mol. The molecule has 0 fully saturated rings. The molecule has 6 heteroatoms. The van der Waals surface area contributed by atoms with Crippen molar-refractivity contribution in [1.82, 2.24) is 0 Å². The van der Waals surface area contributed by atoms with E-state index in [1.807, 2.05) is 77.9 Å². The predicted octanol–water partition coefficient (Wildman–Crippen LogP) is 10.6. The topological polar surface area (TPSA) is 58.8 Å². The summed E-state index contributed by atoms with van der Waals surface area (Å²) in [4.78, 5) is 20.3. The van der Waals surface area contributed by atoms with Gasteiger partial charge in [-0.15, -0.1) is 0 Å². The Labute approximate surface area is 256 Å². The summed E-state index contributed by atoms with van der Waals surface area (Å²) in [7, 11) is 0. The maximum Gasteiger partial charge on any atom is 0.323 e. The molecular weight excluding hydrogens is 574 g/mol. The Balaban J connectivity index is 1.54. The molecular formula is C35H48BrN3O2. The Kier molecular flexibility index (Phi) is 15.4. The van der Waals surface area contributed by atoms with E-state index in [0.29, 0.717) is 12.3 Å². The van der Waals surface area contributed by atoms with Gasteiger partial charge in [0.1, 0.15) is 0 Å². The number of unbranched alkanes of at least 4 members (excludes halogenated alkanes) is 11. The van der Waals surface area contributed by atoms with E-state index in [9.17, 15) is 4.79 Å². The van der Waals surface area contributed by atoms with Gasteiger partial charge in [-0.2, -0.15) is 0 Å². The number of hydrogen-bond acceptors (Lipinski definition) is 3. The molecule has 0 atom stereocenters. The number of alkyl halides is 1. The number of rotatable bonds is 20. The van der Waals surface area contributed by atoms with Crippen molar-refractivity contribution in [2.45, 2.75) is 90.4 Å². The van der Waals surface area contributed by atoms with Crippen molar-refractivity contribution in [1.29, 1.82) is 0 Å². The zero-order valence-electron chi connectivity index (χ0n) is 24.8. The summed E-state index contributed by atoms with van der Waals surface area (Å²) in [5.41, 5.74) is 10.3. The number of hydrogen-bond donors (Lipinski definition) is 1. The highest BCUT2D eigenvalue weighted by molar-refractivity contribution is 9.09. The molecule has 2 amide bonds. The molecule has 2 N–H and O–H groups in total. The van der Waals surface area contributed by atoms with Gasteiger partial charge in [-0.05, 0) is 66.9 Å². The fraction of sp³-hybridized carbons (Fsp3) is 0.457. The molecule has 0 heterocycles. The van der Waals surface area contributed by atoms with E-state index >= 15 is 0 Å². The molecule has 0 aliphatic carbocycles. The number of carbonyl (C=O) groups excluding carboxylic acids is 1. The molecule has 0 saturated carbocycles. The number of urea groups is 1. The van der Waals surface area contributed by atoms with E-state index in [-0.39, 0.29) is 0 Å². The SMILES string of the molecule is CCCCCCCCCCCCCCON(c1ccccc1)c1ccc(N(C(N)=O)c2cccc(CCBr)c2)cc1. The number of amides is 2. The van der Waals surface area contributed by atoms with Gasteiger partial charge in [0.05, 0.1) is 29.4 Å². The quantitative estimate of drug-likeness (QED) is 0.0775. The van der Waals surface area contributed by atoms with Crippen molar-refractivity contribution in [3.05, 3.63) is 84.4 Å². The summed E-state index contributed by atoms with van der Waals surface area (Å²) in [6, 6.07) is 25.3. The van der Waals surface area contributed by atoms with Gasteiger partial charge < -0.3 is 5.73 Å². The van der Waals surface area contributed by atoms with Crippen LogP contribution in [0.4, 0.5) is 27.5 Å². The standard InChI is InChI=1S/C35H48BrN3O2/c1-2-3-4-5-6-7-8-9-10-11-12-16-28-41-39(32-19-14-13-15-20-32)33-24-22-31(23-25-33)38(35(37)40)34-21-17-18-30(29-34)26-27-36/h13-15,17-25,29H,2-12,16,26-28H2,1H3,(H2,37,40). The van der Waals surface area contributed by atoms with Crippen LogP contribution >= 0.6 is 15.9 Å². The van der Waals surface area contributed by atoms with Gasteiger partial charge in [0, 0.05) is 5.33 Å². The first-order valence-corrected chi connectivity index (χ1v) is 16.6. The molecule has 41 heavy (non-hydrogen) atoms. The number of carbonyl (C=O) groups is 1. The summed E-state index contributed by atoms with van der Waals surface area (Å²) < 4.78 is 0. The molecule has 0 spiro atoms. The highest BCUT2D eigenvalue weighted by Gasteiger charge is 2.17. The van der Waals surface area contributed by atoms with Gasteiger partial charge >= 0.3 is 6.03 Å². The third-order valence-electron chi connectivity index (χ3n) is 7.32. The van der Waals surface area contributed by atoms with Crippen LogP contribution in [-0.2, 0) is 11.3 Å². The fourth-order valence-electron chi connectivity index (χ4n) is 5.06. The van der Waals surface area contributed by atoms with Crippen LogP contribution in [0.5, 0.6) is 0 Å². The van der Waals surface area contributed by atoms with Gasteiger partial charge in [0.25, 0.3) is 0 Å². The number of halogens is 1. The molecule has 0 radical (unpaired) electrons. The van der Waals surface area contributed by atoms with Crippen LogP contribution in [0.15, 0.2) is 78.9 Å². The van der Waals surface area contributed by atoms with Crippen LogP contribution in [-0.4, -0.2) is 18.0 Å². The maximum atomic E-state index is 12.5. The molecule has 3 aromatic carbocycles. The van der Waals surface area contributed by atoms with E-state index < -0.39 is 6.03 Å². The van der Waals surface area contributed by atoms with E-state index in [0.717, 1.165) is 40.8 Å². The molecule has 3 aromatic rings. The maximum absolute atomic E-state index is 12.5. The highest BCUT2D eigenvalue weighted by Crippen LogP contribution is 2.31. The van der Waals surface area contributed by atoms with Crippen molar-refractivity contribution in [2.24, 2.45) is 5.73 Å². The van der Waals surface area contributed by atoms with E-state index in [2.05, 4.69) is 28.9 Å². The zero-order valence-corrected chi connectivity index (χ0v) is 26.4. The molecule has 0 aliphatic heterocycles. The lowest BCUT2D eigenvalue weighted by Crippen LogP contribution is -2.31. The first kappa shape index (κ1) is 32.7. The summed E-state index contributed by atoms with van der Waals surface area (Å²) in [6.07, 6.45) is 16.7. The molecule has 3 rings (SSSR count). The first-order chi connectivity index (χ1) is 20.1. The van der Waals surface area contributed by atoms with Crippen LogP contribution in [0.2, 0.25) is 0 Å². The first-order valence-electron chi connectivity index (χ1n) is 15.5. The van der Waals surface area contributed by atoms with Crippen LogP contribution in [0.3, 0.4) is 0 Å². The lowest BCUT2D eigenvalue weighted by Gasteiger charge is -2.26. The molecule has 0 aromatic heterocycles. The number of anilines is 4. The monoisotopic (exact) mass is 621 g/mol. The molecule has 0 saturated heterocycles. The van der Waals surface area contributed by atoms with Crippen LogP contribution in [0, 0.1) is 0 Å². The third-order valence-corrected chi connectivity index (χ3v) is 7.72. The van der Waals surface area contributed by atoms with Gasteiger partial charge in [0.15, 0.2) is 0 Å². The smallest absolute Gasteiger partial charge is 0.323 e. The molecule has 222 valence electrons. The fourth-order valence-corrected chi connectivity index (χ4v) is 5.52. The number of nitrogens with zero attached hydrogens (tertiary/aromatic N) is 2. The minimum Gasteiger partial charge on any atom is -0.351 e. The second-order valence-electron chi connectivity index (χ2n) is 10.7. The van der Waals surface area contributed by atoms with Crippen LogP contribution in [0.25, 0.3) is 0 Å². The number of primary amides is 1. The Morgan fingerprint density at radius 1 is 0.683 bits per heavy atom. The Morgan fingerprint density at radius 3 is 1.80 bits per heavy atom. The van der Waals surface area contributed by atoms with Gasteiger partial charge in [-0.1, -0.05) is 124 Å². The normalized spacial score (nSPS) is 11.0. The minimum absolute atomic E-state index is 0.517. The average Bonchev–Trinajstić information content (AvgIpc) is 2.99. The predicted molar refractivity (Wildman–Crippen MR) is 178 cm³/mol. The Bertz CT molecular complexity index is 1120. The third kappa shape index (κ3) is 11.5. The lowest BCUT2D eigenvalue weighted by atomic mass is 10.1. The molecule has 0 aliphatic rings. The zero-order chi connectivity index (χ0) is 29.1. The largest absolute Gasteiger partial charge is 0.351 e. The molecule has 0 bridgehead atoms. The second-order valence-corrected chi connectivity index (χ2v) is 11.4.